The van der Waals surface area contributed by atoms with E-state index in [2.05, 4.69) is 29.4 Å². The highest BCUT2D eigenvalue weighted by Gasteiger charge is 2.07. The van der Waals surface area contributed by atoms with Crippen LogP contribution in [0.1, 0.15) is 32.0 Å². The second kappa shape index (κ2) is 8.53. The molecule has 1 heterocycles. The van der Waals surface area contributed by atoms with Crippen molar-refractivity contribution in [3.8, 4) is 11.5 Å². The molecule has 124 valence electrons. The van der Waals surface area contributed by atoms with Crippen molar-refractivity contribution in [1.82, 2.24) is 4.98 Å². The van der Waals surface area contributed by atoms with Crippen LogP contribution in [-0.4, -0.2) is 24.4 Å². The first-order valence-electron chi connectivity index (χ1n) is 7.69. The Balaban J connectivity index is 2.05. The molecule has 6 heteroatoms. The lowest BCUT2D eigenvalue weighted by molar-refractivity contribution is 0.248. The first-order chi connectivity index (χ1) is 11.1. The van der Waals surface area contributed by atoms with Crippen LogP contribution in [0.2, 0.25) is 0 Å². The Labute approximate surface area is 141 Å². The monoisotopic (exact) mass is 333 g/mol. The van der Waals surface area contributed by atoms with E-state index in [0.717, 1.165) is 27.9 Å². The highest BCUT2D eigenvalue weighted by Crippen LogP contribution is 2.28. The molecule has 0 spiro atoms. The number of anilines is 1. The van der Waals surface area contributed by atoms with Crippen molar-refractivity contribution in [3.63, 3.8) is 0 Å². The van der Waals surface area contributed by atoms with Crippen LogP contribution in [0.3, 0.4) is 0 Å². The third kappa shape index (κ3) is 5.56. The van der Waals surface area contributed by atoms with Gasteiger partial charge in [-0.2, -0.15) is 5.10 Å². The fourth-order valence-electron chi connectivity index (χ4n) is 1.82. The Kier molecular flexibility index (Phi) is 6.40. The summed E-state index contributed by atoms with van der Waals surface area (Å²) in [6, 6.07) is 5.80. The molecule has 0 fully saturated rings. The molecule has 0 bridgehead atoms. The lowest BCUT2D eigenvalue weighted by atomic mass is 10.2. The van der Waals surface area contributed by atoms with Crippen LogP contribution in [0.15, 0.2) is 28.7 Å². The molecule has 0 saturated carbocycles. The molecule has 0 radical (unpaired) electrons. The van der Waals surface area contributed by atoms with Gasteiger partial charge in [-0.25, -0.2) is 4.98 Å². The number of aromatic nitrogens is 1. The minimum atomic E-state index is 0.469. The summed E-state index contributed by atoms with van der Waals surface area (Å²) >= 11 is 1.53. The summed E-state index contributed by atoms with van der Waals surface area (Å²) in [6.45, 7) is 9.41. The first-order valence-corrected chi connectivity index (χ1v) is 8.57. The standard InChI is InChI=1S/C17H23N3O2S/c1-5-21-16-8-14(6-7-15(16)22-10-12(2)3)9-18-20-17-19-13(4)11-23-17/h6-9,11-12H,5,10H2,1-4H3,(H,19,20). The van der Waals surface area contributed by atoms with E-state index in [1.807, 2.05) is 37.4 Å². The van der Waals surface area contributed by atoms with Crippen molar-refractivity contribution < 1.29 is 9.47 Å². The van der Waals surface area contributed by atoms with Gasteiger partial charge in [-0.1, -0.05) is 13.8 Å². The molecule has 0 atom stereocenters. The molecule has 2 rings (SSSR count). The maximum absolute atomic E-state index is 5.79. The van der Waals surface area contributed by atoms with Gasteiger partial charge in [-0.05, 0) is 43.5 Å². The number of rotatable bonds is 8. The fraction of sp³-hybridized carbons (Fsp3) is 0.412. The number of hydrogen-bond donors (Lipinski definition) is 1. The average molecular weight is 333 g/mol. The molecule has 0 aliphatic heterocycles. The molecule has 0 unspecified atom stereocenters. The lowest BCUT2D eigenvalue weighted by Gasteiger charge is -2.13. The third-order valence-corrected chi connectivity index (χ3v) is 3.70. The van der Waals surface area contributed by atoms with Crippen LogP contribution >= 0.6 is 11.3 Å². The van der Waals surface area contributed by atoms with Gasteiger partial charge in [0.05, 0.1) is 25.1 Å². The summed E-state index contributed by atoms with van der Waals surface area (Å²) < 4.78 is 11.4. The number of nitrogens with one attached hydrogen (secondary N) is 1. The van der Waals surface area contributed by atoms with Crippen LogP contribution in [0.4, 0.5) is 5.13 Å². The highest BCUT2D eigenvalue weighted by atomic mass is 32.1. The second-order valence-corrected chi connectivity index (χ2v) is 6.37. The molecule has 1 aromatic carbocycles. The van der Waals surface area contributed by atoms with Gasteiger partial charge in [-0.15, -0.1) is 11.3 Å². The van der Waals surface area contributed by atoms with E-state index in [-0.39, 0.29) is 0 Å². The van der Waals surface area contributed by atoms with Gasteiger partial charge < -0.3 is 9.47 Å². The summed E-state index contributed by atoms with van der Waals surface area (Å²) in [5, 5.41) is 6.96. The summed E-state index contributed by atoms with van der Waals surface area (Å²) in [5.41, 5.74) is 4.85. The Morgan fingerprint density at radius 1 is 1.30 bits per heavy atom. The maximum Gasteiger partial charge on any atom is 0.203 e. The predicted octanol–water partition coefficient (Wildman–Crippen LogP) is 4.33. The number of hydrazone groups is 1. The molecular formula is C17H23N3O2S. The number of thiazole rings is 1. The number of ether oxygens (including phenoxy) is 2. The zero-order chi connectivity index (χ0) is 16.7. The zero-order valence-corrected chi connectivity index (χ0v) is 14.8. The summed E-state index contributed by atoms with van der Waals surface area (Å²) in [7, 11) is 0. The quantitative estimate of drug-likeness (QED) is 0.577. The van der Waals surface area contributed by atoms with Crippen LogP contribution in [0.5, 0.6) is 11.5 Å². The van der Waals surface area contributed by atoms with E-state index in [1.54, 1.807) is 6.21 Å². The molecular weight excluding hydrogens is 310 g/mol. The van der Waals surface area contributed by atoms with Gasteiger partial charge in [0.2, 0.25) is 5.13 Å². The second-order valence-electron chi connectivity index (χ2n) is 5.51. The zero-order valence-electron chi connectivity index (χ0n) is 14.0. The molecule has 1 N–H and O–H groups in total. The Morgan fingerprint density at radius 2 is 2.13 bits per heavy atom. The number of aryl methyl sites for hydroxylation is 1. The third-order valence-electron chi connectivity index (χ3n) is 2.83. The van der Waals surface area contributed by atoms with E-state index in [4.69, 9.17) is 9.47 Å². The number of benzene rings is 1. The van der Waals surface area contributed by atoms with Gasteiger partial charge in [0, 0.05) is 5.38 Å². The van der Waals surface area contributed by atoms with Crippen molar-refractivity contribution >= 4 is 22.7 Å². The van der Waals surface area contributed by atoms with E-state index >= 15 is 0 Å². The molecule has 0 aliphatic rings. The highest BCUT2D eigenvalue weighted by molar-refractivity contribution is 7.13. The summed E-state index contributed by atoms with van der Waals surface area (Å²) in [5.74, 6) is 1.97. The van der Waals surface area contributed by atoms with Gasteiger partial charge in [0.1, 0.15) is 0 Å². The van der Waals surface area contributed by atoms with Gasteiger partial charge in [0.25, 0.3) is 0 Å². The molecule has 0 saturated heterocycles. The molecule has 23 heavy (non-hydrogen) atoms. The van der Waals surface area contributed by atoms with Crippen molar-refractivity contribution in [2.45, 2.75) is 27.7 Å². The predicted molar refractivity (Wildman–Crippen MR) is 96.0 cm³/mol. The Morgan fingerprint density at radius 3 is 2.78 bits per heavy atom. The van der Waals surface area contributed by atoms with Crippen molar-refractivity contribution in [3.05, 3.63) is 34.8 Å². The van der Waals surface area contributed by atoms with Crippen molar-refractivity contribution in [2.24, 2.45) is 11.0 Å². The Hall–Kier alpha value is -2.08. The van der Waals surface area contributed by atoms with E-state index in [1.165, 1.54) is 11.3 Å². The largest absolute Gasteiger partial charge is 0.490 e. The number of hydrogen-bond acceptors (Lipinski definition) is 6. The molecule has 1 aromatic heterocycles. The molecule has 5 nitrogen and oxygen atoms in total. The first kappa shape index (κ1) is 17.3. The Bertz CT molecular complexity index is 653. The van der Waals surface area contributed by atoms with E-state index in [0.29, 0.717) is 19.1 Å². The minimum Gasteiger partial charge on any atom is -0.490 e. The molecule has 0 aliphatic carbocycles. The normalized spacial score (nSPS) is 11.2. The van der Waals surface area contributed by atoms with Crippen LogP contribution in [-0.2, 0) is 0 Å². The molecule has 0 amide bonds. The maximum atomic E-state index is 5.79. The van der Waals surface area contributed by atoms with Gasteiger partial charge >= 0.3 is 0 Å². The van der Waals surface area contributed by atoms with Gasteiger partial charge in [-0.3, -0.25) is 5.43 Å². The van der Waals surface area contributed by atoms with Gasteiger partial charge in [0.15, 0.2) is 11.5 Å². The SMILES string of the molecule is CCOc1cc(C=NNc2nc(C)cs2)ccc1OCC(C)C. The number of nitrogens with zero attached hydrogens (tertiary/aromatic N) is 2. The van der Waals surface area contributed by atoms with E-state index in [9.17, 15) is 0 Å². The van der Waals surface area contributed by atoms with Crippen molar-refractivity contribution in [1.29, 1.82) is 0 Å². The summed E-state index contributed by atoms with van der Waals surface area (Å²) in [6.07, 6.45) is 1.74. The topological polar surface area (TPSA) is 55.7 Å². The van der Waals surface area contributed by atoms with E-state index < -0.39 is 0 Å². The fourth-order valence-corrected chi connectivity index (χ4v) is 2.45. The average Bonchev–Trinajstić information content (AvgIpc) is 2.92. The van der Waals surface area contributed by atoms with Crippen LogP contribution in [0, 0.1) is 12.8 Å². The molecule has 2 aromatic rings. The van der Waals surface area contributed by atoms with Crippen LogP contribution in [0.25, 0.3) is 0 Å². The summed E-state index contributed by atoms with van der Waals surface area (Å²) in [4.78, 5) is 4.29. The van der Waals surface area contributed by atoms with Crippen molar-refractivity contribution in [2.75, 3.05) is 18.6 Å². The minimum absolute atomic E-state index is 0.469. The smallest absolute Gasteiger partial charge is 0.203 e. The van der Waals surface area contributed by atoms with Crippen LogP contribution < -0.4 is 14.9 Å². The lowest BCUT2D eigenvalue weighted by Crippen LogP contribution is -2.06.